The zero-order valence-electron chi connectivity index (χ0n) is 11.7. The standard InChI is InChI=1S/C17H14BrN3/c1-2-9-21-16-8-7-12(11-19)10-15(16)20-17(21)13-5-3-4-6-14(13)18/h3-8,10H,2,9H2,1H3. The van der Waals surface area contributed by atoms with Gasteiger partial charge in [-0.25, -0.2) is 4.98 Å². The van der Waals surface area contributed by atoms with Crippen LogP contribution in [0, 0.1) is 11.3 Å². The number of rotatable bonds is 3. The lowest BCUT2D eigenvalue weighted by Gasteiger charge is -2.09. The van der Waals surface area contributed by atoms with Gasteiger partial charge < -0.3 is 4.57 Å². The quantitative estimate of drug-likeness (QED) is 0.691. The zero-order valence-corrected chi connectivity index (χ0v) is 13.3. The molecule has 0 bridgehead atoms. The Morgan fingerprint density at radius 1 is 1.24 bits per heavy atom. The van der Waals surface area contributed by atoms with Crippen LogP contribution in [0.15, 0.2) is 46.9 Å². The number of hydrogen-bond acceptors (Lipinski definition) is 2. The molecule has 3 rings (SSSR count). The van der Waals surface area contributed by atoms with E-state index >= 15 is 0 Å². The van der Waals surface area contributed by atoms with Gasteiger partial charge in [-0.05, 0) is 30.7 Å². The van der Waals surface area contributed by atoms with Crippen molar-refractivity contribution in [1.82, 2.24) is 9.55 Å². The summed E-state index contributed by atoms with van der Waals surface area (Å²) in [6.07, 6.45) is 1.03. The normalized spacial score (nSPS) is 10.7. The van der Waals surface area contributed by atoms with Crippen molar-refractivity contribution in [1.29, 1.82) is 5.26 Å². The van der Waals surface area contributed by atoms with Crippen molar-refractivity contribution in [3.63, 3.8) is 0 Å². The lowest BCUT2D eigenvalue weighted by Crippen LogP contribution is -2.00. The largest absolute Gasteiger partial charge is 0.324 e. The van der Waals surface area contributed by atoms with Crippen molar-refractivity contribution < 1.29 is 0 Å². The number of nitriles is 1. The van der Waals surface area contributed by atoms with Crippen LogP contribution in [0.4, 0.5) is 0 Å². The van der Waals surface area contributed by atoms with E-state index in [9.17, 15) is 0 Å². The fourth-order valence-corrected chi connectivity index (χ4v) is 2.96. The summed E-state index contributed by atoms with van der Waals surface area (Å²) in [6.45, 7) is 3.05. The van der Waals surface area contributed by atoms with Crippen molar-refractivity contribution in [3.05, 3.63) is 52.5 Å². The number of aryl methyl sites for hydroxylation is 1. The molecule has 0 saturated carbocycles. The second-order valence-electron chi connectivity index (χ2n) is 4.88. The van der Waals surface area contributed by atoms with Gasteiger partial charge in [0.25, 0.3) is 0 Å². The molecule has 0 radical (unpaired) electrons. The maximum absolute atomic E-state index is 9.05. The molecule has 0 unspecified atom stereocenters. The number of halogens is 1. The van der Waals surface area contributed by atoms with E-state index in [1.54, 1.807) is 0 Å². The molecule has 0 atom stereocenters. The number of nitrogens with zero attached hydrogens (tertiary/aromatic N) is 3. The fourth-order valence-electron chi connectivity index (χ4n) is 2.50. The number of benzene rings is 2. The van der Waals surface area contributed by atoms with E-state index in [1.807, 2.05) is 36.4 Å². The third-order valence-electron chi connectivity index (χ3n) is 3.44. The molecule has 2 aromatic carbocycles. The first-order valence-electron chi connectivity index (χ1n) is 6.90. The summed E-state index contributed by atoms with van der Waals surface area (Å²) < 4.78 is 3.24. The van der Waals surface area contributed by atoms with Gasteiger partial charge in [-0.3, -0.25) is 0 Å². The molecule has 3 nitrogen and oxygen atoms in total. The highest BCUT2D eigenvalue weighted by molar-refractivity contribution is 9.10. The van der Waals surface area contributed by atoms with Crippen LogP contribution in [0.1, 0.15) is 18.9 Å². The summed E-state index contributed by atoms with van der Waals surface area (Å²) in [5, 5.41) is 9.05. The predicted octanol–water partition coefficient (Wildman–Crippen LogP) is 4.75. The van der Waals surface area contributed by atoms with Crippen LogP contribution < -0.4 is 0 Å². The Hall–Kier alpha value is -2.12. The molecule has 0 N–H and O–H groups in total. The van der Waals surface area contributed by atoms with E-state index in [2.05, 4.69) is 39.6 Å². The van der Waals surface area contributed by atoms with E-state index in [4.69, 9.17) is 10.2 Å². The van der Waals surface area contributed by atoms with Crippen molar-refractivity contribution in [2.45, 2.75) is 19.9 Å². The van der Waals surface area contributed by atoms with Crippen molar-refractivity contribution in [3.8, 4) is 17.5 Å². The zero-order chi connectivity index (χ0) is 14.8. The smallest absolute Gasteiger partial charge is 0.142 e. The molecule has 0 aliphatic carbocycles. The van der Waals surface area contributed by atoms with Crippen molar-refractivity contribution in [2.75, 3.05) is 0 Å². The molecule has 0 amide bonds. The Kier molecular flexibility index (Phi) is 3.76. The first-order valence-corrected chi connectivity index (χ1v) is 7.69. The Bertz CT molecular complexity index is 843. The summed E-state index contributed by atoms with van der Waals surface area (Å²) in [6, 6.07) is 15.9. The Balaban J connectivity index is 2.29. The number of hydrogen-bond donors (Lipinski definition) is 0. The minimum atomic E-state index is 0.641. The first kappa shape index (κ1) is 13.8. The molecular weight excluding hydrogens is 326 g/mol. The molecule has 0 fully saturated rings. The average molecular weight is 340 g/mol. The molecule has 0 aliphatic rings. The molecule has 0 saturated heterocycles. The summed E-state index contributed by atoms with van der Waals surface area (Å²) in [5.74, 6) is 0.939. The van der Waals surface area contributed by atoms with E-state index in [-0.39, 0.29) is 0 Å². The molecule has 0 aliphatic heterocycles. The fraction of sp³-hybridized carbons (Fsp3) is 0.176. The number of aromatic nitrogens is 2. The Morgan fingerprint density at radius 3 is 2.76 bits per heavy atom. The molecule has 1 aromatic heterocycles. The van der Waals surface area contributed by atoms with Crippen LogP contribution in [-0.2, 0) is 6.54 Å². The lowest BCUT2D eigenvalue weighted by molar-refractivity contribution is 0.704. The Morgan fingerprint density at radius 2 is 2.05 bits per heavy atom. The SMILES string of the molecule is CCCn1c(-c2ccccc2Br)nc2cc(C#N)ccc21. The van der Waals surface area contributed by atoms with Gasteiger partial charge in [0.1, 0.15) is 5.82 Å². The average Bonchev–Trinajstić information content (AvgIpc) is 2.86. The van der Waals surface area contributed by atoms with E-state index < -0.39 is 0 Å². The monoisotopic (exact) mass is 339 g/mol. The summed E-state index contributed by atoms with van der Waals surface area (Å²) in [5.41, 5.74) is 3.65. The maximum atomic E-state index is 9.05. The molecule has 3 aromatic rings. The molecule has 104 valence electrons. The molecular formula is C17H14BrN3. The van der Waals surface area contributed by atoms with Crippen LogP contribution in [0.3, 0.4) is 0 Å². The van der Waals surface area contributed by atoms with Crippen molar-refractivity contribution in [2.24, 2.45) is 0 Å². The maximum Gasteiger partial charge on any atom is 0.142 e. The highest BCUT2D eigenvalue weighted by Crippen LogP contribution is 2.30. The van der Waals surface area contributed by atoms with Gasteiger partial charge in [-0.2, -0.15) is 5.26 Å². The molecule has 0 spiro atoms. The third-order valence-corrected chi connectivity index (χ3v) is 4.13. The molecule has 4 heteroatoms. The topological polar surface area (TPSA) is 41.6 Å². The van der Waals surface area contributed by atoms with Gasteiger partial charge in [-0.15, -0.1) is 0 Å². The van der Waals surface area contributed by atoms with Crippen molar-refractivity contribution >= 4 is 27.0 Å². The predicted molar refractivity (Wildman–Crippen MR) is 87.9 cm³/mol. The van der Waals surface area contributed by atoms with E-state index in [0.717, 1.165) is 39.9 Å². The first-order chi connectivity index (χ1) is 10.2. The van der Waals surface area contributed by atoms with E-state index in [1.165, 1.54) is 0 Å². The number of imidazole rings is 1. The van der Waals surface area contributed by atoms with Gasteiger partial charge in [0.2, 0.25) is 0 Å². The number of fused-ring (bicyclic) bond motifs is 1. The van der Waals surface area contributed by atoms with Gasteiger partial charge in [-0.1, -0.05) is 41.1 Å². The van der Waals surface area contributed by atoms with Gasteiger partial charge >= 0.3 is 0 Å². The summed E-state index contributed by atoms with van der Waals surface area (Å²) in [7, 11) is 0. The third kappa shape index (κ3) is 2.45. The van der Waals surface area contributed by atoms with Crippen LogP contribution in [0.25, 0.3) is 22.4 Å². The van der Waals surface area contributed by atoms with Crippen LogP contribution in [-0.4, -0.2) is 9.55 Å². The minimum Gasteiger partial charge on any atom is -0.324 e. The highest BCUT2D eigenvalue weighted by Gasteiger charge is 2.14. The lowest BCUT2D eigenvalue weighted by atomic mass is 10.2. The van der Waals surface area contributed by atoms with Gasteiger partial charge in [0, 0.05) is 16.6 Å². The van der Waals surface area contributed by atoms with Crippen LogP contribution in [0.2, 0.25) is 0 Å². The van der Waals surface area contributed by atoms with E-state index in [0.29, 0.717) is 5.56 Å². The summed E-state index contributed by atoms with van der Waals surface area (Å²) in [4.78, 5) is 4.75. The van der Waals surface area contributed by atoms with Gasteiger partial charge in [0.05, 0.1) is 22.7 Å². The molecule has 1 heterocycles. The Labute approximate surface area is 132 Å². The minimum absolute atomic E-state index is 0.641. The van der Waals surface area contributed by atoms with Crippen LogP contribution in [0.5, 0.6) is 0 Å². The van der Waals surface area contributed by atoms with Crippen LogP contribution >= 0.6 is 15.9 Å². The summed E-state index contributed by atoms with van der Waals surface area (Å²) >= 11 is 3.60. The highest BCUT2D eigenvalue weighted by atomic mass is 79.9. The van der Waals surface area contributed by atoms with Gasteiger partial charge in [0.15, 0.2) is 0 Å². The second-order valence-corrected chi connectivity index (χ2v) is 5.74. The second kappa shape index (κ2) is 5.71. The molecule has 21 heavy (non-hydrogen) atoms.